The van der Waals surface area contributed by atoms with Crippen molar-refractivity contribution >= 4 is 11.9 Å². The Morgan fingerprint density at radius 1 is 1.26 bits per heavy atom. The molecule has 2 N–H and O–H groups in total. The molecule has 19 heavy (non-hydrogen) atoms. The van der Waals surface area contributed by atoms with Gasteiger partial charge in [0.05, 0.1) is 37.8 Å². The fourth-order valence-corrected chi connectivity index (χ4v) is 2.85. The van der Waals surface area contributed by atoms with E-state index in [-0.39, 0.29) is 17.9 Å². The molecule has 1 aliphatic heterocycles. The molecular weight excluding hydrogens is 250 g/mol. The number of hydrogen-bond donors (Lipinski definition) is 2. The van der Waals surface area contributed by atoms with Crippen LogP contribution in [0.15, 0.2) is 0 Å². The number of hydrogen-bond acceptors (Lipinski definition) is 4. The van der Waals surface area contributed by atoms with Crippen molar-refractivity contribution in [2.24, 2.45) is 17.8 Å². The maximum absolute atomic E-state index is 12.1. The number of aliphatic carboxylic acids is 1. The van der Waals surface area contributed by atoms with Crippen LogP contribution in [0.1, 0.15) is 19.8 Å². The molecule has 6 heteroatoms. The summed E-state index contributed by atoms with van der Waals surface area (Å²) in [5.41, 5.74) is 0. The molecule has 2 unspecified atom stereocenters. The second-order valence-corrected chi connectivity index (χ2v) is 5.44. The molecule has 0 aromatic carbocycles. The van der Waals surface area contributed by atoms with Gasteiger partial charge in [-0.1, -0.05) is 6.92 Å². The Hall–Kier alpha value is -1.14. The number of carbonyl (C=O) groups is 2. The lowest BCUT2D eigenvalue weighted by Gasteiger charge is -2.24. The lowest BCUT2D eigenvalue weighted by molar-refractivity contribution is -0.146. The number of carboxylic acids is 1. The van der Waals surface area contributed by atoms with Crippen LogP contribution in [-0.4, -0.2) is 49.5 Å². The Morgan fingerprint density at radius 3 is 2.63 bits per heavy atom. The summed E-state index contributed by atoms with van der Waals surface area (Å²) in [6, 6.07) is 0. The standard InChI is InChI=1S/C13H21NO5/c1-8-4-10(11(5-8)13(16)17)12(15)14-6-9-7-18-2-3-19-9/h8-11H,2-7H2,1H3,(H,14,15)(H,16,17)/t8?,9?,10-,11+/m0/s1. The first-order valence-electron chi connectivity index (χ1n) is 6.77. The minimum atomic E-state index is -0.873. The van der Waals surface area contributed by atoms with Crippen LogP contribution in [0.25, 0.3) is 0 Å². The average molecular weight is 271 g/mol. The molecule has 1 amide bonds. The summed E-state index contributed by atoms with van der Waals surface area (Å²) in [5.74, 6) is -1.74. The monoisotopic (exact) mass is 271 g/mol. The minimum absolute atomic E-state index is 0.125. The number of rotatable bonds is 4. The van der Waals surface area contributed by atoms with Crippen LogP contribution in [-0.2, 0) is 19.1 Å². The Kier molecular flexibility index (Phi) is 4.76. The predicted octanol–water partition coefficient (Wildman–Crippen LogP) is 0.265. The normalized spacial score (nSPS) is 35.0. The van der Waals surface area contributed by atoms with Crippen molar-refractivity contribution in [1.29, 1.82) is 0 Å². The van der Waals surface area contributed by atoms with Crippen molar-refractivity contribution in [2.75, 3.05) is 26.4 Å². The molecule has 0 aromatic rings. The summed E-state index contributed by atoms with van der Waals surface area (Å²) in [4.78, 5) is 23.2. The summed E-state index contributed by atoms with van der Waals surface area (Å²) in [6.45, 7) is 3.98. The van der Waals surface area contributed by atoms with Crippen LogP contribution < -0.4 is 5.32 Å². The van der Waals surface area contributed by atoms with E-state index in [0.717, 1.165) is 0 Å². The molecule has 6 nitrogen and oxygen atoms in total. The first-order chi connectivity index (χ1) is 9.08. The highest BCUT2D eigenvalue weighted by atomic mass is 16.6. The van der Waals surface area contributed by atoms with Gasteiger partial charge in [-0.25, -0.2) is 0 Å². The van der Waals surface area contributed by atoms with Gasteiger partial charge in [0.15, 0.2) is 0 Å². The van der Waals surface area contributed by atoms with Crippen molar-refractivity contribution in [3.05, 3.63) is 0 Å². The van der Waals surface area contributed by atoms with E-state index in [2.05, 4.69) is 5.32 Å². The average Bonchev–Trinajstić information content (AvgIpc) is 2.79. The first kappa shape index (κ1) is 14.3. The van der Waals surface area contributed by atoms with Crippen molar-refractivity contribution in [2.45, 2.75) is 25.9 Å². The Balaban J connectivity index is 1.82. The van der Waals surface area contributed by atoms with Crippen LogP contribution in [0.3, 0.4) is 0 Å². The highest BCUT2D eigenvalue weighted by Crippen LogP contribution is 2.36. The van der Waals surface area contributed by atoms with Gasteiger partial charge in [0, 0.05) is 6.54 Å². The van der Waals surface area contributed by atoms with Crippen LogP contribution in [0.5, 0.6) is 0 Å². The van der Waals surface area contributed by atoms with E-state index in [1.54, 1.807) is 0 Å². The number of carboxylic acid groups (broad SMARTS) is 1. The Bertz CT molecular complexity index is 340. The van der Waals surface area contributed by atoms with E-state index >= 15 is 0 Å². The summed E-state index contributed by atoms with van der Waals surface area (Å²) in [7, 11) is 0. The largest absolute Gasteiger partial charge is 0.481 e. The van der Waals surface area contributed by atoms with Gasteiger partial charge in [-0.15, -0.1) is 0 Å². The summed E-state index contributed by atoms with van der Waals surface area (Å²) in [6.07, 6.45) is 1.10. The Labute approximate surface area is 112 Å². The van der Waals surface area contributed by atoms with Gasteiger partial charge in [0.2, 0.25) is 5.91 Å². The smallest absolute Gasteiger partial charge is 0.307 e. The topological polar surface area (TPSA) is 84.9 Å². The van der Waals surface area contributed by atoms with Crippen molar-refractivity contribution in [3.8, 4) is 0 Å². The lowest BCUT2D eigenvalue weighted by Crippen LogP contribution is -2.43. The van der Waals surface area contributed by atoms with E-state index in [9.17, 15) is 9.59 Å². The highest BCUT2D eigenvalue weighted by Gasteiger charge is 2.41. The summed E-state index contributed by atoms with van der Waals surface area (Å²) in [5, 5.41) is 11.9. The quantitative estimate of drug-likeness (QED) is 0.766. The lowest BCUT2D eigenvalue weighted by atomic mass is 9.95. The summed E-state index contributed by atoms with van der Waals surface area (Å²) >= 11 is 0. The van der Waals surface area contributed by atoms with E-state index in [4.69, 9.17) is 14.6 Å². The number of ether oxygens (including phenoxy) is 2. The third kappa shape index (κ3) is 3.67. The number of carbonyl (C=O) groups excluding carboxylic acids is 1. The zero-order valence-electron chi connectivity index (χ0n) is 11.1. The molecule has 1 saturated carbocycles. The van der Waals surface area contributed by atoms with Crippen molar-refractivity contribution < 1.29 is 24.2 Å². The maximum Gasteiger partial charge on any atom is 0.307 e. The second kappa shape index (κ2) is 6.34. The van der Waals surface area contributed by atoms with E-state index < -0.39 is 17.8 Å². The van der Waals surface area contributed by atoms with Gasteiger partial charge in [-0.05, 0) is 18.8 Å². The third-order valence-corrected chi connectivity index (χ3v) is 3.84. The second-order valence-electron chi connectivity index (χ2n) is 5.44. The summed E-state index contributed by atoms with van der Waals surface area (Å²) < 4.78 is 10.7. The molecule has 0 spiro atoms. The fourth-order valence-electron chi connectivity index (χ4n) is 2.85. The van der Waals surface area contributed by atoms with Crippen LogP contribution in [0.2, 0.25) is 0 Å². The SMILES string of the molecule is CC1C[C@H](C(=O)NCC2COCCO2)[C@H](C(=O)O)C1. The van der Waals surface area contributed by atoms with Gasteiger partial charge in [0.25, 0.3) is 0 Å². The molecule has 0 aromatic heterocycles. The predicted molar refractivity (Wildman–Crippen MR) is 66.6 cm³/mol. The van der Waals surface area contributed by atoms with Gasteiger partial charge in [0.1, 0.15) is 0 Å². The molecule has 4 atom stereocenters. The van der Waals surface area contributed by atoms with Gasteiger partial charge >= 0.3 is 5.97 Å². The van der Waals surface area contributed by atoms with Crippen LogP contribution >= 0.6 is 0 Å². The van der Waals surface area contributed by atoms with Crippen molar-refractivity contribution in [3.63, 3.8) is 0 Å². The molecule has 2 rings (SSSR count). The van der Waals surface area contributed by atoms with Gasteiger partial charge in [-0.3, -0.25) is 9.59 Å². The van der Waals surface area contributed by atoms with Crippen molar-refractivity contribution in [1.82, 2.24) is 5.32 Å². The molecule has 2 fully saturated rings. The molecular formula is C13H21NO5. The first-order valence-corrected chi connectivity index (χ1v) is 6.77. The molecule has 1 saturated heterocycles. The highest BCUT2D eigenvalue weighted by molar-refractivity contribution is 5.85. The van der Waals surface area contributed by atoms with E-state index in [1.807, 2.05) is 6.92 Å². The Morgan fingerprint density at radius 2 is 2.00 bits per heavy atom. The van der Waals surface area contributed by atoms with Gasteiger partial charge < -0.3 is 19.9 Å². The molecule has 108 valence electrons. The zero-order valence-corrected chi connectivity index (χ0v) is 11.1. The molecule has 0 radical (unpaired) electrons. The molecule has 1 aliphatic carbocycles. The van der Waals surface area contributed by atoms with Crippen LogP contribution in [0.4, 0.5) is 0 Å². The molecule has 1 heterocycles. The van der Waals surface area contributed by atoms with E-state index in [1.165, 1.54) is 0 Å². The van der Waals surface area contributed by atoms with Gasteiger partial charge in [-0.2, -0.15) is 0 Å². The third-order valence-electron chi connectivity index (χ3n) is 3.84. The maximum atomic E-state index is 12.1. The van der Waals surface area contributed by atoms with Crippen LogP contribution in [0, 0.1) is 17.8 Å². The fraction of sp³-hybridized carbons (Fsp3) is 0.846. The van der Waals surface area contributed by atoms with E-state index in [0.29, 0.717) is 39.2 Å². The number of nitrogens with one attached hydrogen (secondary N) is 1. The minimum Gasteiger partial charge on any atom is -0.481 e. The zero-order chi connectivity index (χ0) is 13.8. The number of amides is 1. The molecule has 2 aliphatic rings. The molecule has 0 bridgehead atoms.